The van der Waals surface area contributed by atoms with Crippen LogP contribution >= 0.6 is 0 Å². The second kappa shape index (κ2) is 14.2. The van der Waals surface area contributed by atoms with Gasteiger partial charge in [-0.25, -0.2) is 9.68 Å². The van der Waals surface area contributed by atoms with Gasteiger partial charge in [-0.1, -0.05) is 69.5 Å². The van der Waals surface area contributed by atoms with Crippen molar-refractivity contribution in [3.05, 3.63) is 72.9 Å². The third-order valence-corrected chi connectivity index (χ3v) is 2.88. The van der Waals surface area contributed by atoms with Crippen molar-refractivity contribution in [1.29, 1.82) is 0 Å². The molecule has 0 heterocycles. The first-order chi connectivity index (χ1) is 11.9. The average Bonchev–Trinajstić information content (AvgIpc) is 2.56. The van der Waals surface area contributed by atoms with Gasteiger partial charge in [0.15, 0.2) is 0 Å². The topological polar surface area (TPSA) is 59.0 Å². The second-order valence-corrected chi connectivity index (χ2v) is 5.77. The van der Waals surface area contributed by atoms with Crippen LogP contribution in [0.1, 0.15) is 20.3 Å². The number of carboxylic acid groups (broad SMARTS) is 1. The molecule has 0 aliphatic carbocycles. The fraction of sp³-hybridized carbons (Fsp3) is 0.350. The highest BCUT2D eigenvalue weighted by Gasteiger charge is 2.01. The van der Waals surface area contributed by atoms with Crippen molar-refractivity contribution < 1.29 is 19.8 Å². The van der Waals surface area contributed by atoms with Gasteiger partial charge in [0.05, 0.1) is 12.1 Å². The Morgan fingerprint density at radius 3 is 2.56 bits per heavy atom. The van der Waals surface area contributed by atoms with Crippen molar-refractivity contribution in [1.82, 2.24) is 5.06 Å². The molecule has 0 aliphatic rings. The number of carbonyl (C=O) groups is 1. The molecular formula is C20H29NO4. The van der Waals surface area contributed by atoms with Crippen molar-refractivity contribution in [2.24, 2.45) is 5.92 Å². The van der Waals surface area contributed by atoms with Gasteiger partial charge in [0, 0.05) is 7.05 Å². The maximum absolute atomic E-state index is 10.5. The third-order valence-electron chi connectivity index (χ3n) is 2.88. The molecule has 0 amide bonds. The lowest BCUT2D eigenvalue weighted by Gasteiger charge is -2.14. The summed E-state index contributed by atoms with van der Waals surface area (Å²) in [5.74, 6) is -0.405. The lowest BCUT2D eigenvalue weighted by molar-refractivity contribution is -0.411. The molecule has 0 rings (SSSR count). The van der Waals surface area contributed by atoms with E-state index in [0.29, 0.717) is 12.5 Å². The molecule has 138 valence electrons. The van der Waals surface area contributed by atoms with Crippen LogP contribution in [-0.2, 0) is 14.7 Å². The normalized spacial score (nSPS) is 12.9. The van der Waals surface area contributed by atoms with E-state index in [1.54, 1.807) is 36.4 Å². The van der Waals surface area contributed by atoms with Gasteiger partial charge in [-0.3, -0.25) is 0 Å². The van der Waals surface area contributed by atoms with Crippen molar-refractivity contribution in [2.45, 2.75) is 20.3 Å². The molecule has 0 aromatic heterocycles. The van der Waals surface area contributed by atoms with E-state index in [9.17, 15) is 4.79 Å². The van der Waals surface area contributed by atoms with Crippen LogP contribution in [0.5, 0.6) is 0 Å². The number of hydrogen-bond acceptors (Lipinski definition) is 4. The Kier molecular flexibility index (Phi) is 12.9. The monoisotopic (exact) mass is 347 g/mol. The first-order valence-electron chi connectivity index (χ1n) is 8.11. The van der Waals surface area contributed by atoms with Crippen LogP contribution in [0, 0.1) is 5.92 Å². The van der Waals surface area contributed by atoms with Gasteiger partial charge in [0.1, 0.15) is 6.61 Å². The highest BCUT2D eigenvalue weighted by molar-refractivity contribution is 5.88. The van der Waals surface area contributed by atoms with Crippen molar-refractivity contribution in [3.8, 4) is 0 Å². The minimum absolute atomic E-state index is 0.0211. The van der Waals surface area contributed by atoms with Crippen molar-refractivity contribution in [3.63, 3.8) is 0 Å². The number of allylic oxidation sites excluding steroid dienone is 5. The summed E-state index contributed by atoms with van der Waals surface area (Å²) in [6.07, 6.45) is 15.3. The van der Waals surface area contributed by atoms with E-state index in [0.717, 1.165) is 12.0 Å². The molecule has 0 aliphatic heterocycles. The molecule has 0 bridgehead atoms. The highest BCUT2D eigenvalue weighted by Crippen LogP contribution is 2.04. The van der Waals surface area contributed by atoms with Gasteiger partial charge in [-0.05, 0) is 24.0 Å². The SMILES string of the molecule is C=C/C(=C\C=C\CC(C)C)CN(C)OOC/C=C/C=C/C(=C)C(=O)O. The maximum atomic E-state index is 10.5. The predicted octanol–water partition coefficient (Wildman–Crippen LogP) is 4.25. The fourth-order valence-corrected chi connectivity index (χ4v) is 1.55. The summed E-state index contributed by atoms with van der Waals surface area (Å²) < 4.78 is 0. The average molecular weight is 347 g/mol. The number of aliphatic carboxylic acids is 1. The summed E-state index contributed by atoms with van der Waals surface area (Å²) in [6, 6.07) is 0. The van der Waals surface area contributed by atoms with E-state index >= 15 is 0 Å². The fourth-order valence-electron chi connectivity index (χ4n) is 1.55. The van der Waals surface area contributed by atoms with Gasteiger partial charge in [-0.15, -0.1) is 4.99 Å². The van der Waals surface area contributed by atoms with E-state index in [4.69, 9.17) is 15.0 Å². The molecule has 0 radical (unpaired) electrons. The van der Waals surface area contributed by atoms with Gasteiger partial charge in [0.2, 0.25) is 0 Å². The third kappa shape index (κ3) is 13.9. The van der Waals surface area contributed by atoms with Crippen molar-refractivity contribution in [2.75, 3.05) is 20.2 Å². The lowest BCUT2D eigenvalue weighted by Crippen LogP contribution is -2.21. The number of nitrogens with zero attached hydrogens (tertiary/aromatic N) is 1. The standard InChI is InChI=1S/C20H29NO4/c1-6-19(14-10-9-12-17(2)3)16-21(5)25-24-15-11-7-8-13-18(4)20(22)23/h6-11,13-14,17H,1,4,12,15-16H2,2-3,5H3,(H,22,23)/b10-9+,11-7+,13-8+,19-14+. The maximum Gasteiger partial charge on any atom is 0.335 e. The number of hydrogen-bond donors (Lipinski definition) is 1. The van der Waals surface area contributed by atoms with Gasteiger partial charge >= 0.3 is 5.97 Å². The zero-order valence-corrected chi connectivity index (χ0v) is 15.4. The van der Waals surface area contributed by atoms with E-state index in [1.165, 1.54) is 6.08 Å². The Balaban J connectivity index is 4.08. The number of carboxylic acids is 1. The van der Waals surface area contributed by atoms with Crippen LogP contribution in [0.2, 0.25) is 0 Å². The molecule has 0 saturated carbocycles. The van der Waals surface area contributed by atoms with Crippen LogP contribution in [0.3, 0.4) is 0 Å². The zero-order valence-electron chi connectivity index (χ0n) is 15.4. The molecule has 25 heavy (non-hydrogen) atoms. The molecular weight excluding hydrogens is 318 g/mol. The van der Waals surface area contributed by atoms with Gasteiger partial charge < -0.3 is 5.11 Å². The minimum Gasteiger partial charge on any atom is -0.478 e. The Labute approximate surface area is 150 Å². The Hall–Kier alpha value is -2.21. The van der Waals surface area contributed by atoms with E-state index < -0.39 is 5.97 Å². The van der Waals surface area contributed by atoms with Crippen LogP contribution < -0.4 is 0 Å². The smallest absolute Gasteiger partial charge is 0.335 e. The summed E-state index contributed by atoms with van der Waals surface area (Å²) in [5, 5.41) is 10.2. The van der Waals surface area contributed by atoms with E-state index in [1.807, 2.05) is 12.2 Å². The Morgan fingerprint density at radius 1 is 1.24 bits per heavy atom. The van der Waals surface area contributed by atoms with Crippen LogP contribution in [0.25, 0.3) is 0 Å². The zero-order chi connectivity index (χ0) is 19.1. The summed E-state index contributed by atoms with van der Waals surface area (Å²) in [6.45, 7) is 12.3. The molecule has 0 fully saturated rings. The molecule has 5 heteroatoms. The molecule has 1 N–H and O–H groups in total. The van der Waals surface area contributed by atoms with E-state index in [-0.39, 0.29) is 12.2 Å². The quantitative estimate of drug-likeness (QED) is 0.177. The number of likely N-dealkylation sites (N-methyl/N-ethyl adjacent to an activating group) is 1. The first kappa shape index (κ1) is 22.8. The van der Waals surface area contributed by atoms with Crippen LogP contribution in [0.4, 0.5) is 0 Å². The lowest BCUT2D eigenvalue weighted by atomic mass is 10.1. The molecule has 0 unspecified atom stereocenters. The second-order valence-electron chi connectivity index (χ2n) is 5.77. The molecule has 5 nitrogen and oxygen atoms in total. The Morgan fingerprint density at radius 2 is 1.96 bits per heavy atom. The molecule has 0 aromatic rings. The van der Waals surface area contributed by atoms with E-state index in [2.05, 4.69) is 33.1 Å². The predicted molar refractivity (Wildman–Crippen MR) is 102 cm³/mol. The number of rotatable bonds is 13. The number of hydroxylamine groups is 2. The van der Waals surface area contributed by atoms with Gasteiger partial charge in [0.25, 0.3) is 0 Å². The summed E-state index contributed by atoms with van der Waals surface area (Å²) >= 11 is 0. The molecule has 0 aromatic carbocycles. The van der Waals surface area contributed by atoms with Gasteiger partial charge in [-0.2, -0.15) is 5.06 Å². The summed E-state index contributed by atoms with van der Waals surface area (Å²) in [5.41, 5.74) is 1.03. The largest absolute Gasteiger partial charge is 0.478 e. The summed E-state index contributed by atoms with van der Waals surface area (Å²) in [7, 11) is 1.76. The van der Waals surface area contributed by atoms with Crippen LogP contribution in [0.15, 0.2) is 72.9 Å². The minimum atomic E-state index is -1.05. The molecule has 0 saturated heterocycles. The highest BCUT2D eigenvalue weighted by atomic mass is 17.3. The first-order valence-corrected chi connectivity index (χ1v) is 8.11. The molecule has 0 atom stereocenters. The Bertz CT molecular complexity index is 542. The van der Waals surface area contributed by atoms with Crippen LogP contribution in [-0.4, -0.2) is 36.3 Å². The molecule has 0 spiro atoms. The summed E-state index contributed by atoms with van der Waals surface area (Å²) in [4.78, 5) is 20.7. The van der Waals surface area contributed by atoms with Crippen molar-refractivity contribution >= 4 is 5.97 Å².